The molecule has 0 N–H and O–H groups in total. The van der Waals surface area contributed by atoms with Gasteiger partial charge >= 0.3 is 0 Å². The zero-order valence-electron chi connectivity index (χ0n) is 37.5. The molecule has 3 aromatic carbocycles. The van der Waals surface area contributed by atoms with E-state index in [1.54, 1.807) is 34.8 Å². The van der Waals surface area contributed by atoms with Crippen LogP contribution in [0.5, 0.6) is 0 Å². The van der Waals surface area contributed by atoms with Gasteiger partial charge in [0.05, 0.1) is 21.5 Å². The van der Waals surface area contributed by atoms with Crippen molar-refractivity contribution < 1.29 is 8.78 Å². The van der Waals surface area contributed by atoms with Crippen LogP contribution in [0, 0.1) is 23.5 Å². The van der Waals surface area contributed by atoms with E-state index in [0.29, 0.717) is 34.0 Å². The second kappa shape index (κ2) is 21.0. The Morgan fingerprint density at radius 1 is 0.492 bits per heavy atom. The van der Waals surface area contributed by atoms with Crippen molar-refractivity contribution in [1.82, 2.24) is 18.7 Å². The summed E-state index contributed by atoms with van der Waals surface area (Å²) in [7, 11) is 0. The Hall–Kier alpha value is -4.52. The van der Waals surface area contributed by atoms with Gasteiger partial charge in [-0.3, -0.25) is 0 Å². The van der Waals surface area contributed by atoms with Gasteiger partial charge in [0.1, 0.15) is 45.1 Å². The summed E-state index contributed by atoms with van der Waals surface area (Å²) in [5, 5.41) is 4.13. The summed E-state index contributed by atoms with van der Waals surface area (Å²) in [6, 6.07) is 28.0. The van der Waals surface area contributed by atoms with Crippen LogP contribution in [0.25, 0.3) is 85.0 Å². The van der Waals surface area contributed by atoms with Crippen molar-refractivity contribution in [2.24, 2.45) is 11.8 Å². The van der Waals surface area contributed by atoms with Crippen LogP contribution in [0.2, 0.25) is 0 Å². The molecule has 0 saturated carbocycles. The Kier molecular flexibility index (Phi) is 14.7. The largest absolute Gasteiger partial charge is 0.242 e. The molecule has 65 heavy (non-hydrogen) atoms. The summed E-state index contributed by atoms with van der Waals surface area (Å²) in [5.74, 6) is 0.714. The zero-order valence-corrected chi connectivity index (χ0v) is 41.5. The Balaban J connectivity index is 1.14. The van der Waals surface area contributed by atoms with Crippen LogP contribution >= 0.6 is 57.1 Å². The van der Waals surface area contributed by atoms with Crippen molar-refractivity contribution in [3.63, 3.8) is 0 Å². The normalized spacial score (nSPS) is 12.8. The number of nitrogens with zero attached hydrogens (tertiary/aromatic N) is 4. The molecule has 2 unspecified atom stereocenters. The fourth-order valence-corrected chi connectivity index (χ4v) is 13.2. The minimum absolute atomic E-state index is 0.201. The maximum atomic E-state index is 16.1. The molecular weight excluding hydrogens is 903 g/mol. The molecule has 0 saturated heterocycles. The van der Waals surface area contributed by atoms with E-state index in [9.17, 15) is 0 Å². The number of hydrogen-bond donors (Lipinski definition) is 0. The molecule has 0 amide bonds. The van der Waals surface area contributed by atoms with Crippen LogP contribution in [-0.4, -0.2) is 18.7 Å². The second-order valence-corrected chi connectivity index (χ2v) is 21.8. The number of rotatable bonds is 20. The third kappa shape index (κ3) is 9.82. The van der Waals surface area contributed by atoms with Crippen LogP contribution < -0.4 is 0 Å². The summed E-state index contributed by atoms with van der Waals surface area (Å²) in [4.78, 5) is 16.6. The third-order valence-corrected chi connectivity index (χ3v) is 17.3. The first kappa shape index (κ1) is 45.6. The van der Waals surface area contributed by atoms with Gasteiger partial charge in [-0.05, 0) is 95.1 Å². The van der Waals surface area contributed by atoms with Gasteiger partial charge in [-0.15, -0.1) is 45.3 Å². The Labute approximate surface area is 401 Å². The lowest BCUT2D eigenvalue weighted by molar-refractivity contribution is 0.442. The first-order valence-corrected chi connectivity index (χ1v) is 27.3. The van der Waals surface area contributed by atoms with Crippen molar-refractivity contribution in [2.45, 2.75) is 105 Å². The molecule has 6 aromatic heterocycles. The van der Waals surface area contributed by atoms with E-state index in [1.165, 1.54) is 74.0 Å². The summed E-state index contributed by atoms with van der Waals surface area (Å²) in [5.41, 5.74) is 9.40. The minimum Gasteiger partial charge on any atom is -0.242 e. The molecule has 2 atom stereocenters. The molecule has 334 valence electrons. The lowest BCUT2D eigenvalue weighted by Gasteiger charge is -2.15. The third-order valence-electron chi connectivity index (χ3n) is 12.8. The monoisotopic (exact) mass is 956 g/mol. The second-order valence-electron chi connectivity index (χ2n) is 17.2. The van der Waals surface area contributed by atoms with E-state index in [-0.39, 0.29) is 11.6 Å². The number of unbranched alkanes of at least 4 members (excludes halogenated alkanes) is 4. The number of benzene rings is 3. The summed E-state index contributed by atoms with van der Waals surface area (Å²) < 4.78 is 42.2. The van der Waals surface area contributed by atoms with Crippen molar-refractivity contribution >= 4 is 79.1 Å². The van der Waals surface area contributed by atoms with Crippen LogP contribution in [0.3, 0.4) is 0 Å². The molecule has 4 nitrogen and oxygen atoms in total. The molecule has 9 rings (SSSR count). The highest BCUT2D eigenvalue weighted by Gasteiger charge is 2.27. The Morgan fingerprint density at radius 2 is 0.938 bits per heavy atom. The number of aromatic nitrogens is 4. The van der Waals surface area contributed by atoms with Gasteiger partial charge in [-0.1, -0.05) is 128 Å². The van der Waals surface area contributed by atoms with E-state index in [1.807, 2.05) is 36.4 Å². The number of fused-ring (bicyclic) bond motifs is 2. The highest BCUT2D eigenvalue weighted by Crippen LogP contribution is 2.49. The van der Waals surface area contributed by atoms with Crippen LogP contribution in [-0.2, 0) is 12.8 Å². The topological polar surface area (TPSA) is 51.6 Å². The van der Waals surface area contributed by atoms with E-state index in [0.717, 1.165) is 111 Å². The zero-order chi connectivity index (χ0) is 44.9. The van der Waals surface area contributed by atoms with E-state index in [2.05, 4.69) is 74.9 Å². The van der Waals surface area contributed by atoms with Gasteiger partial charge in [-0.2, -0.15) is 8.75 Å². The molecule has 0 aliphatic carbocycles. The van der Waals surface area contributed by atoms with Crippen LogP contribution in [0.4, 0.5) is 8.78 Å². The predicted molar refractivity (Wildman–Crippen MR) is 278 cm³/mol. The fraction of sp³-hybridized carbons (Fsp3) is 0.333. The smallest absolute Gasteiger partial charge is 0.132 e. The predicted octanol–water partition coefficient (Wildman–Crippen LogP) is 18.5. The van der Waals surface area contributed by atoms with E-state index < -0.39 is 0 Å². The maximum absolute atomic E-state index is 16.1. The SMILES string of the molecule is CCCCCC(CC)Cc1ccc(-c2ccc(-c3c4nsnc4c(-c4ccc(-c5ccc(CC(CC)CCCCC)cc5F)s4)c4nc(-c5cccs5)c(-c5cccs5)nc34)s2)c(F)c1. The molecule has 6 heterocycles. The van der Waals surface area contributed by atoms with Crippen molar-refractivity contribution in [3.8, 4) is 62.9 Å². The highest BCUT2D eigenvalue weighted by molar-refractivity contribution is 7.19. The minimum atomic E-state index is -0.201. The maximum Gasteiger partial charge on any atom is 0.132 e. The van der Waals surface area contributed by atoms with Gasteiger partial charge in [0.25, 0.3) is 0 Å². The molecule has 0 radical (unpaired) electrons. The number of halogens is 2. The lowest BCUT2D eigenvalue weighted by Crippen LogP contribution is -2.04. The summed E-state index contributed by atoms with van der Waals surface area (Å²) in [6.45, 7) is 8.95. The molecule has 0 aliphatic heterocycles. The summed E-state index contributed by atoms with van der Waals surface area (Å²) in [6.07, 6.45) is 13.7. The van der Waals surface area contributed by atoms with Crippen molar-refractivity contribution in [3.05, 3.63) is 118 Å². The first-order valence-electron chi connectivity index (χ1n) is 23.2. The molecule has 9 aromatic rings. The lowest BCUT2D eigenvalue weighted by atomic mass is 9.91. The van der Waals surface area contributed by atoms with Gasteiger partial charge in [0, 0.05) is 41.8 Å². The summed E-state index contributed by atoms with van der Waals surface area (Å²) >= 11 is 7.51. The van der Waals surface area contributed by atoms with Crippen molar-refractivity contribution in [1.29, 1.82) is 0 Å². The number of hydrogen-bond acceptors (Lipinski definition) is 9. The highest BCUT2D eigenvalue weighted by atomic mass is 32.1. The molecule has 0 spiro atoms. The van der Waals surface area contributed by atoms with Gasteiger partial charge in [-0.25, -0.2) is 18.7 Å². The average molecular weight is 957 g/mol. The van der Waals surface area contributed by atoms with Crippen LogP contribution in [0.15, 0.2) is 95.7 Å². The quantitative estimate of drug-likeness (QED) is 0.0714. The number of thiophene rings is 4. The first-order chi connectivity index (χ1) is 31.9. The van der Waals surface area contributed by atoms with Gasteiger partial charge in [0.2, 0.25) is 0 Å². The molecule has 0 aliphatic rings. The molecule has 11 heteroatoms. The molecule has 0 fully saturated rings. The molecular formula is C54H54F2N4S5. The Morgan fingerprint density at radius 3 is 1.32 bits per heavy atom. The van der Waals surface area contributed by atoms with E-state index in [4.69, 9.17) is 18.7 Å². The van der Waals surface area contributed by atoms with E-state index >= 15 is 8.78 Å². The average Bonchev–Trinajstić information content (AvgIpc) is 4.18. The van der Waals surface area contributed by atoms with Crippen LogP contribution in [0.1, 0.15) is 103 Å². The van der Waals surface area contributed by atoms with Gasteiger partial charge in [0.15, 0.2) is 0 Å². The Bertz CT molecular complexity index is 2800. The standard InChI is InChI=1S/C54H54F2N4S5/c1-5-9-11-15-33(7-3)29-35-19-21-37(39(55)31-35)41-23-25-43(63-41)47-51-52(58-50(46-18-14-28-62-46)49(57-51)45-17-13-27-61-45)48(54-53(47)59-65-60-54)44-26-24-42(64-44)38-22-20-36(32-40(38)56)30-34(8-4)16-12-10-6-2/h13-14,17-28,31-34H,5-12,15-16,29-30H2,1-4H3. The van der Waals surface area contributed by atoms with Gasteiger partial charge < -0.3 is 0 Å². The molecule has 0 bridgehead atoms. The van der Waals surface area contributed by atoms with Crippen molar-refractivity contribution in [2.75, 3.05) is 0 Å². The fourth-order valence-electron chi connectivity index (χ4n) is 9.10.